The van der Waals surface area contributed by atoms with Crippen LogP contribution in [0.25, 0.3) is 21.7 Å². The lowest BCUT2D eigenvalue weighted by Gasteiger charge is -2.22. The largest absolute Gasteiger partial charge is 0.355 e. The molecule has 4 rings (SSSR count). The first-order valence-electron chi connectivity index (χ1n) is 7.94. The predicted octanol–water partition coefficient (Wildman–Crippen LogP) is 2.94. The van der Waals surface area contributed by atoms with Crippen LogP contribution < -0.4 is 5.56 Å². The maximum atomic E-state index is 12.7. The van der Waals surface area contributed by atoms with Crippen LogP contribution in [0.15, 0.2) is 46.3 Å². The number of hydrogen-bond acceptors (Lipinski definition) is 5. The Hall–Kier alpha value is -1.89. The van der Waals surface area contributed by atoms with Gasteiger partial charge in [0.15, 0.2) is 5.16 Å². The summed E-state index contributed by atoms with van der Waals surface area (Å²) in [6.45, 7) is 1.07. The Kier molecular flexibility index (Phi) is 4.26. The molecule has 6 heteroatoms. The molecule has 1 fully saturated rings. The van der Waals surface area contributed by atoms with Crippen molar-refractivity contribution in [1.82, 2.24) is 9.55 Å². The predicted molar refractivity (Wildman–Crippen MR) is 95.5 cm³/mol. The highest BCUT2D eigenvalue weighted by Crippen LogP contribution is 2.23. The van der Waals surface area contributed by atoms with Crippen molar-refractivity contribution in [2.75, 3.05) is 19.2 Å². The van der Waals surface area contributed by atoms with Gasteiger partial charge >= 0.3 is 0 Å². The smallest absolute Gasteiger partial charge is 0.261 e. The van der Waals surface area contributed by atoms with Crippen molar-refractivity contribution >= 4 is 33.4 Å². The summed E-state index contributed by atoms with van der Waals surface area (Å²) in [6.07, 6.45) is 1.02. The van der Waals surface area contributed by atoms with E-state index in [-0.39, 0.29) is 11.7 Å². The Morgan fingerprint density at radius 2 is 2.08 bits per heavy atom. The zero-order valence-electron chi connectivity index (χ0n) is 13.4. The third kappa shape index (κ3) is 2.92. The van der Waals surface area contributed by atoms with Crippen LogP contribution in [-0.4, -0.2) is 34.8 Å². The van der Waals surface area contributed by atoms with Crippen LogP contribution in [0.2, 0.25) is 0 Å². The second-order valence-corrected chi connectivity index (χ2v) is 6.88. The average molecular weight is 342 g/mol. The van der Waals surface area contributed by atoms with Crippen molar-refractivity contribution in [3.05, 3.63) is 46.8 Å². The van der Waals surface area contributed by atoms with E-state index in [1.54, 1.807) is 23.4 Å². The van der Waals surface area contributed by atoms with Crippen LogP contribution in [0, 0.1) is 0 Å². The highest BCUT2D eigenvalue weighted by atomic mass is 32.2. The van der Waals surface area contributed by atoms with E-state index in [9.17, 15) is 4.79 Å². The van der Waals surface area contributed by atoms with Crippen LogP contribution in [0.1, 0.15) is 6.42 Å². The molecule has 124 valence electrons. The fraction of sp³-hybridized carbons (Fsp3) is 0.333. The van der Waals surface area contributed by atoms with E-state index in [0.29, 0.717) is 12.2 Å². The first kappa shape index (κ1) is 15.6. The molecular formula is C18H18N2O3S. The van der Waals surface area contributed by atoms with E-state index in [0.717, 1.165) is 40.2 Å². The van der Waals surface area contributed by atoms with Crippen LogP contribution in [-0.2, 0) is 16.5 Å². The lowest BCUT2D eigenvalue weighted by atomic mass is 10.1. The number of hydrogen-bond donors (Lipinski definition) is 0. The van der Waals surface area contributed by atoms with Gasteiger partial charge in [0, 0.05) is 12.8 Å². The van der Waals surface area contributed by atoms with Crippen LogP contribution in [0.4, 0.5) is 0 Å². The van der Waals surface area contributed by atoms with Gasteiger partial charge in [-0.15, -0.1) is 0 Å². The molecule has 0 N–H and O–H groups in total. The quantitative estimate of drug-likeness (QED) is 0.416. The monoisotopic (exact) mass is 342 g/mol. The molecule has 0 unspecified atom stereocenters. The molecule has 5 nitrogen and oxygen atoms in total. The molecule has 2 heterocycles. The molecule has 0 bridgehead atoms. The molecule has 1 saturated heterocycles. The summed E-state index contributed by atoms with van der Waals surface area (Å²) in [5.74, 6) is 0.767. The molecule has 1 aliphatic heterocycles. The van der Waals surface area contributed by atoms with Crippen molar-refractivity contribution in [1.29, 1.82) is 0 Å². The van der Waals surface area contributed by atoms with E-state index < -0.39 is 0 Å². The van der Waals surface area contributed by atoms with Crippen molar-refractivity contribution in [3.63, 3.8) is 0 Å². The minimum Gasteiger partial charge on any atom is -0.355 e. The molecule has 1 aromatic heterocycles. The molecule has 0 radical (unpaired) electrons. The third-order valence-electron chi connectivity index (χ3n) is 4.27. The van der Waals surface area contributed by atoms with Crippen molar-refractivity contribution in [2.45, 2.75) is 17.7 Å². The first-order chi connectivity index (χ1) is 11.7. The topological polar surface area (TPSA) is 53.4 Å². The highest BCUT2D eigenvalue weighted by Gasteiger charge is 2.16. The number of rotatable bonds is 3. The number of nitrogens with zero attached hydrogens (tertiary/aromatic N) is 2. The Balaban J connectivity index is 1.71. The van der Waals surface area contributed by atoms with Gasteiger partial charge in [-0.25, -0.2) is 4.98 Å². The van der Waals surface area contributed by atoms with Crippen molar-refractivity contribution in [2.24, 2.45) is 7.05 Å². The van der Waals surface area contributed by atoms with Crippen LogP contribution in [0.5, 0.6) is 0 Å². The average Bonchev–Trinajstić information content (AvgIpc) is 2.63. The molecule has 1 atom stereocenters. The fourth-order valence-electron chi connectivity index (χ4n) is 2.87. The fourth-order valence-corrected chi connectivity index (χ4v) is 3.90. The summed E-state index contributed by atoms with van der Waals surface area (Å²) in [4.78, 5) is 17.4. The van der Waals surface area contributed by atoms with Gasteiger partial charge in [0.2, 0.25) is 0 Å². The van der Waals surface area contributed by atoms with Crippen LogP contribution >= 0.6 is 11.8 Å². The molecule has 24 heavy (non-hydrogen) atoms. The van der Waals surface area contributed by atoms with E-state index in [1.165, 1.54) is 0 Å². The van der Waals surface area contributed by atoms with Gasteiger partial charge in [-0.1, -0.05) is 36.0 Å². The standard InChI is InChI=1S/C18H18N2O3S/c1-20-17(21)15-8-12-4-2-3-5-13(12)9-16(15)19-18(20)24-10-14-6-7-22-11-23-14/h2-5,8-9,14H,6-7,10-11H2,1H3/t14-/m0/s1. The molecule has 0 saturated carbocycles. The molecular weight excluding hydrogens is 324 g/mol. The van der Waals surface area contributed by atoms with Gasteiger partial charge in [-0.3, -0.25) is 9.36 Å². The molecule has 1 aliphatic rings. The summed E-state index contributed by atoms with van der Waals surface area (Å²) in [5.41, 5.74) is 0.730. The molecule has 0 aliphatic carbocycles. The number of benzene rings is 2. The Bertz CT molecular complexity index is 948. The summed E-state index contributed by atoms with van der Waals surface area (Å²) in [6, 6.07) is 11.9. The van der Waals surface area contributed by atoms with Crippen LogP contribution in [0.3, 0.4) is 0 Å². The molecule has 0 spiro atoms. The van der Waals surface area contributed by atoms with E-state index in [4.69, 9.17) is 14.5 Å². The van der Waals surface area contributed by atoms with Gasteiger partial charge in [0.05, 0.1) is 23.6 Å². The number of ether oxygens (including phenoxy) is 2. The van der Waals surface area contributed by atoms with E-state index >= 15 is 0 Å². The number of aromatic nitrogens is 2. The summed E-state index contributed by atoms with van der Waals surface area (Å²) in [5, 5.41) is 3.52. The zero-order chi connectivity index (χ0) is 16.5. The van der Waals surface area contributed by atoms with Gasteiger partial charge in [0.1, 0.15) is 6.79 Å². The lowest BCUT2D eigenvalue weighted by molar-refractivity contribution is -0.130. The summed E-state index contributed by atoms with van der Waals surface area (Å²) < 4.78 is 12.4. The number of thioether (sulfide) groups is 1. The molecule has 2 aromatic carbocycles. The minimum absolute atomic E-state index is 0.0128. The van der Waals surface area contributed by atoms with E-state index in [2.05, 4.69) is 0 Å². The normalized spacial score (nSPS) is 18.3. The minimum atomic E-state index is -0.0128. The Morgan fingerprint density at radius 1 is 1.29 bits per heavy atom. The SMILES string of the molecule is Cn1c(SC[C@@H]2CCOCO2)nc2cc3ccccc3cc2c1=O. The van der Waals surface area contributed by atoms with E-state index in [1.807, 2.05) is 36.4 Å². The van der Waals surface area contributed by atoms with Crippen molar-refractivity contribution < 1.29 is 9.47 Å². The van der Waals surface area contributed by atoms with Gasteiger partial charge in [-0.05, 0) is 29.3 Å². The Morgan fingerprint density at radius 3 is 2.83 bits per heavy atom. The highest BCUT2D eigenvalue weighted by molar-refractivity contribution is 7.99. The van der Waals surface area contributed by atoms with Gasteiger partial charge in [0.25, 0.3) is 5.56 Å². The number of fused-ring (bicyclic) bond motifs is 2. The van der Waals surface area contributed by atoms with Gasteiger partial charge < -0.3 is 9.47 Å². The maximum Gasteiger partial charge on any atom is 0.261 e. The third-order valence-corrected chi connectivity index (χ3v) is 5.43. The molecule has 0 amide bonds. The summed E-state index contributed by atoms with van der Waals surface area (Å²) >= 11 is 1.56. The zero-order valence-corrected chi connectivity index (χ0v) is 14.2. The molecule has 3 aromatic rings. The Labute approximate surface area is 143 Å². The first-order valence-corrected chi connectivity index (χ1v) is 8.92. The lowest BCUT2D eigenvalue weighted by Crippen LogP contribution is -2.26. The second-order valence-electron chi connectivity index (χ2n) is 5.89. The second kappa shape index (κ2) is 6.55. The summed E-state index contributed by atoms with van der Waals surface area (Å²) in [7, 11) is 1.77. The van der Waals surface area contributed by atoms with Crippen molar-refractivity contribution in [3.8, 4) is 0 Å². The van der Waals surface area contributed by atoms with Gasteiger partial charge in [-0.2, -0.15) is 0 Å². The maximum absolute atomic E-state index is 12.7.